The van der Waals surface area contributed by atoms with E-state index in [9.17, 15) is 29.7 Å². The van der Waals surface area contributed by atoms with E-state index < -0.39 is 29.7 Å². The Morgan fingerprint density at radius 1 is 0.960 bits per heavy atom. The minimum Gasteiger partial charge on any atom is -0.545 e. The van der Waals surface area contributed by atoms with Crippen molar-refractivity contribution in [3.63, 3.8) is 0 Å². The Morgan fingerprint density at radius 2 is 1.56 bits per heavy atom. The first-order chi connectivity index (χ1) is 11.3. The third kappa shape index (κ3) is 4.82. The van der Waals surface area contributed by atoms with Gasteiger partial charge in [-0.1, -0.05) is 6.07 Å². The molecule has 124 valence electrons. The van der Waals surface area contributed by atoms with E-state index in [-0.39, 0.29) is 57.7 Å². The minimum atomic E-state index is -1.49. The summed E-state index contributed by atoms with van der Waals surface area (Å²) in [5.41, 5.74) is -0.353. The van der Waals surface area contributed by atoms with Crippen molar-refractivity contribution in [1.29, 1.82) is 0 Å². The number of carboxylic acid groups (broad SMARTS) is 1. The molecule has 2 rings (SSSR count). The van der Waals surface area contributed by atoms with E-state index in [0.717, 1.165) is 18.2 Å². The average Bonchev–Trinajstić information content (AvgIpc) is 2.54. The van der Waals surface area contributed by atoms with Gasteiger partial charge in [0.2, 0.25) is 0 Å². The monoisotopic (exact) mass is 352 g/mol. The Balaban J connectivity index is 0.00000312. The number of phenols is 2. The first-order valence-corrected chi connectivity index (χ1v) is 6.81. The fourth-order valence-electron chi connectivity index (χ4n) is 2.10. The normalized spacial score (nSPS) is 9.80. The van der Waals surface area contributed by atoms with Crippen molar-refractivity contribution >= 4 is 17.5 Å². The first-order valence-electron chi connectivity index (χ1n) is 6.81. The summed E-state index contributed by atoms with van der Waals surface area (Å²) in [7, 11) is 1.36. The van der Waals surface area contributed by atoms with Gasteiger partial charge in [-0.15, -0.1) is 0 Å². The molecule has 0 saturated heterocycles. The zero-order valence-corrected chi connectivity index (χ0v) is 15.6. The number of hydrogen-bond donors (Lipinski definition) is 2. The second-order valence-corrected chi connectivity index (χ2v) is 4.93. The summed E-state index contributed by atoms with van der Waals surface area (Å²) in [5.74, 6) is -3.34. The van der Waals surface area contributed by atoms with Crippen molar-refractivity contribution in [3.8, 4) is 17.2 Å². The van der Waals surface area contributed by atoms with Gasteiger partial charge >= 0.3 is 29.6 Å². The summed E-state index contributed by atoms with van der Waals surface area (Å²) in [6, 6.07) is 7.06. The summed E-state index contributed by atoms with van der Waals surface area (Å²) < 4.78 is 4.86. The fraction of sp³-hybridized carbons (Fsp3) is 0.118. The molecular weight excluding hydrogens is 339 g/mol. The number of ketones is 2. The molecular formula is C17H13NaO7. The molecule has 0 saturated carbocycles. The zero-order valence-electron chi connectivity index (χ0n) is 13.6. The van der Waals surface area contributed by atoms with E-state index >= 15 is 0 Å². The van der Waals surface area contributed by atoms with Crippen LogP contribution in [0.2, 0.25) is 0 Å². The van der Waals surface area contributed by atoms with Gasteiger partial charge in [0.1, 0.15) is 5.75 Å². The molecule has 0 fully saturated rings. The average molecular weight is 352 g/mol. The number of phenolic OH excluding ortho intramolecular Hbond substituents is 2. The number of carboxylic acids is 1. The maximum absolute atomic E-state index is 12.1. The Labute approximate surface area is 165 Å². The van der Waals surface area contributed by atoms with Crippen LogP contribution in [0.4, 0.5) is 0 Å². The molecule has 2 aromatic carbocycles. The molecule has 0 aliphatic rings. The van der Waals surface area contributed by atoms with Crippen LogP contribution < -0.4 is 39.4 Å². The predicted molar refractivity (Wildman–Crippen MR) is 80.4 cm³/mol. The molecule has 7 nitrogen and oxygen atoms in total. The molecule has 0 radical (unpaired) electrons. The molecule has 0 unspecified atom stereocenters. The molecule has 0 spiro atoms. The van der Waals surface area contributed by atoms with Gasteiger partial charge in [-0.3, -0.25) is 9.59 Å². The van der Waals surface area contributed by atoms with Crippen molar-refractivity contribution < 1.29 is 64.0 Å². The second kappa shape index (κ2) is 8.66. The van der Waals surface area contributed by atoms with E-state index in [1.54, 1.807) is 0 Å². The number of carbonyl (C=O) groups is 3. The van der Waals surface area contributed by atoms with Crippen LogP contribution in [-0.4, -0.2) is 34.9 Å². The van der Waals surface area contributed by atoms with Crippen LogP contribution in [0.1, 0.15) is 37.5 Å². The smallest absolute Gasteiger partial charge is 0.545 e. The summed E-state index contributed by atoms with van der Waals surface area (Å²) in [6.07, 6.45) is -0.552. The number of methoxy groups -OCH3 is 1. The summed E-state index contributed by atoms with van der Waals surface area (Å²) >= 11 is 0. The number of ether oxygens (including phenoxy) is 1. The molecule has 25 heavy (non-hydrogen) atoms. The standard InChI is InChI=1S/C17H14O7.Na/c1-24-16-5-3-9(6-15(16)21)12(18)8-14(20)11-4-2-10(17(22)23)7-13(11)19;/h2-7,19,21H,8H2,1H3,(H,22,23);/q;+1/p-1. The zero-order chi connectivity index (χ0) is 17.9. The summed E-state index contributed by atoms with van der Waals surface area (Å²) in [5, 5.41) is 30.1. The van der Waals surface area contributed by atoms with Crippen LogP contribution in [-0.2, 0) is 0 Å². The molecule has 2 aromatic rings. The number of rotatable bonds is 6. The number of carbonyl (C=O) groups excluding carboxylic acids is 3. The maximum Gasteiger partial charge on any atom is 1.00 e. The van der Waals surface area contributed by atoms with Crippen molar-refractivity contribution in [3.05, 3.63) is 53.1 Å². The van der Waals surface area contributed by atoms with Crippen molar-refractivity contribution in [1.82, 2.24) is 0 Å². The number of hydrogen-bond acceptors (Lipinski definition) is 7. The van der Waals surface area contributed by atoms with Crippen LogP contribution in [0.5, 0.6) is 17.2 Å². The molecule has 0 atom stereocenters. The van der Waals surface area contributed by atoms with Crippen molar-refractivity contribution in [2.24, 2.45) is 0 Å². The molecule has 2 N–H and O–H groups in total. The second-order valence-electron chi connectivity index (χ2n) is 4.93. The number of benzene rings is 2. The van der Waals surface area contributed by atoms with Gasteiger partial charge in [-0.25, -0.2) is 0 Å². The Bertz CT molecular complexity index is 830. The van der Waals surface area contributed by atoms with E-state index in [2.05, 4.69) is 0 Å². The topological polar surface area (TPSA) is 124 Å². The molecule has 0 amide bonds. The van der Waals surface area contributed by atoms with Crippen LogP contribution in [0, 0.1) is 0 Å². The summed E-state index contributed by atoms with van der Waals surface area (Å²) in [4.78, 5) is 34.9. The Kier molecular flexibility index (Phi) is 7.17. The molecule has 0 bridgehead atoms. The molecule has 0 aliphatic heterocycles. The molecule has 8 heteroatoms. The van der Waals surface area contributed by atoms with Crippen molar-refractivity contribution in [2.45, 2.75) is 6.42 Å². The minimum absolute atomic E-state index is 0. The van der Waals surface area contributed by atoms with Crippen LogP contribution in [0.3, 0.4) is 0 Å². The van der Waals surface area contributed by atoms with E-state index in [1.807, 2.05) is 0 Å². The maximum atomic E-state index is 12.1. The van der Waals surface area contributed by atoms with Gasteiger partial charge in [-0.05, 0) is 30.3 Å². The number of aromatic carboxylic acids is 1. The van der Waals surface area contributed by atoms with Crippen LogP contribution in [0.15, 0.2) is 36.4 Å². The van der Waals surface area contributed by atoms with Crippen LogP contribution in [0.25, 0.3) is 0 Å². The SMILES string of the molecule is COc1ccc(C(=O)CC(=O)c2ccc(C(=O)[O-])cc2O)cc1O.[Na+]. The van der Waals surface area contributed by atoms with Crippen molar-refractivity contribution in [2.75, 3.05) is 7.11 Å². The first kappa shape index (κ1) is 20.7. The fourth-order valence-corrected chi connectivity index (χ4v) is 2.10. The Morgan fingerprint density at radius 3 is 2.08 bits per heavy atom. The van der Waals surface area contributed by atoms with E-state index in [0.29, 0.717) is 0 Å². The van der Waals surface area contributed by atoms with E-state index in [1.165, 1.54) is 25.3 Å². The van der Waals surface area contributed by atoms with E-state index in [4.69, 9.17) is 4.74 Å². The number of aromatic hydroxyl groups is 2. The quantitative estimate of drug-likeness (QED) is 0.348. The van der Waals surface area contributed by atoms with Gasteiger partial charge in [0, 0.05) is 11.1 Å². The van der Waals surface area contributed by atoms with Gasteiger partial charge in [0.15, 0.2) is 23.1 Å². The summed E-state index contributed by atoms with van der Waals surface area (Å²) in [6.45, 7) is 0. The Hall–Kier alpha value is -2.35. The molecule has 0 heterocycles. The largest absolute Gasteiger partial charge is 1.00 e. The number of Topliss-reactive ketones (excluding diaryl/α,β-unsaturated/α-hetero) is 2. The van der Waals surface area contributed by atoms with Gasteiger partial charge in [0.05, 0.1) is 25.1 Å². The third-order valence-corrected chi connectivity index (χ3v) is 3.36. The third-order valence-electron chi connectivity index (χ3n) is 3.36. The van der Waals surface area contributed by atoms with Gasteiger partial charge in [0.25, 0.3) is 0 Å². The molecule has 0 aromatic heterocycles. The van der Waals surface area contributed by atoms with Crippen LogP contribution >= 0.6 is 0 Å². The molecule has 0 aliphatic carbocycles. The van der Waals surface area contributed by atoms with Gasteiger partial charge < -0.3 is 24.9 Å². The van der Waals surface area contributed by atoms with Gasteiger partial charge in [-0.2, -0.15) is 0 Å². The predicted octanol–water partition coefficient (Wildman–Crippen LogP) is -2.07.